The quantitative estimate of drug-likeness (QED) is 0.395. The lowest BCUT2D eigenvalue weighted by Crippen LogP contribution is -2.54. The van der Waals surface area contributed by atoms with Crippen LogP contribution in [0.5, 0.6) is 0 Å². The molecule has 2 aliphatic rings. The van der Waals surface area contributed by atoms with E-state index < -0.39 is 6.04 Å². The average Bonchev–Trinajstić information content (AvgIpc) is 2.81. The third-order valence-electron chi connectivity index (χ3n) is 3.16. The molecule has 0 bridgehead atoms. The molecular formula is C10H12BN5O3S. The van der Waals surface area contributed by atoms with Crippen molar-refractivity contribution in [1.29, 1.82) is 0 Å². The highest BCUT2D eigenvalue weighted by molar-refractivity contribution is 8.02. The number of esters is 1. The fraction of sp³-hybridized carbons (Fsp3) is 0.500. The van der Waals surface area contributed by atoms with E-state index in [-0.39, 0.29) is 23.9 Å². The molecule has 3 heterocycles. The molecule has 0 unspecified atom stereocenters. The number of rotatable bonds is 3. The second-order valence-corrected chi connectivity index (χ2v) is 5.66. The van der Waals surface area contributed by atoms with Crippen molar-refractivity contribution in [3.63, 3.8) is 0 Å². The van der Waals surface area contributed by atoms with Gasteiger partial charge in [-0.3, -0.25) is 9.59 Å². The summed E-state index contributed by atoms with van der Waals surface area (Å²) in [5.74, 6) is 0.136. The molecule has 1 saturated heterocycles. The van der Waals surface area contributed by atoms with Crippen LogP contribution < -0.4 is 0 Å². The molecule has 0 spiro atoms. The molecule has 1 fully saturated rings. The number of tetrazole rings is 1. The molecule has 0 radical (unpaired) electrons. The Balaban J connectivity index is 1.90. The highest BCUT2D eigenvalue weighted by atomic mass is 32.2. The van der Waals surface area contributed by atoms with Crippen molar-refractivity contribution < 1.29 is 14.3 Å². The lowest BCUT2D eigenvalue weighted by molar-refractivity contribution is -0.145. The molecule has 3 rings (SSSR count). The fourth-order valence-corrected chi connectivity index (χ4v) is 3.37. The molecule has 1 amide bonds. The van der Waals surface area contributed by atoms with Gasteiger partial charge in [-0.1, -0.05) is 5.21 Å². The van der Waals surface area contributed by atoms with Crippen molar-refractivity contribution in [2.75, 3.05) is 6.61 Å². The number of thioether (sulfide) groups is 1. The maximum Gasteiger partial charge on any atom is 0.302 e. The Kier molecular flexibility index (Phi) is 3.24. The van der Waals surface area contributed by atoms with Crippen LogP contribution in [-0.4, -0.2) is 56.9 Å². The van der Waals surface area contributed by atoms with Gasteiger partial charge in [-0.15, -0.1) is 22.0 Å². The van der Waals surface area contributed by atoms with Crippen LogP contribution in [0.15, 0.2) is 11.0 Å². The molecule has 2 aliphatic heterocycles. The monoisotopic (exact) mass is 293 g/mol. The summed E-state index contributed by atoms with van der Waals surface area (Å²) >= 11 is 1.55. The van der Waals surface area contributed by atoms with Crippen molar-refractivity contribution in [3.05, 3.63) is 16.8 Å². The van der Waals surface area contributed by atoms with Crippen molar-refractivity contribution >= 4 is 31.6 Å². The first kappa shape index (κ1) is 13.2. The van der Waals surface area contributed by atoms with Gasteiger partial charge < -0.3 is 9.64 Å². The predicted molar refractivity (Wildman–Crippen MR) is 72.1 cm³/mol. The second-order valence-electron chi connectivity index (χ2n) is 4.61. The van der Waals surface area contributed by atoms with Gasteiger partial charge in [-0.25, -0.2) is 4.71 Å². The van der Waals surface area contributed by atoms with Gasteiger partial charge >= 0.3 is 5.97 Å². The lowest BCUT2D eigenvalue weighted by atomic mass is 10.0. The number of carbonyl (C=O) groups excluding carboxylic acids is 2. The van der Waals surface area contributed by atoms with Crippen LogP contribution in [0, 0.1) is 0 Å². The van der Waals surface area contributed by atoms with Gasteiger partial charge in [0, 0.05) is 12.5 Å². The first-order valence-corrected chi connectivity index (χ1v) is 7.03. The van der Waals surface area contributed by atoms with Crippen molar-refractivity contribution in [2.24, 2.45) is 0 Å². The molecule has 1 aromatic heterocycles. The van der Waals surface area contributed by atoms with Gasteiger partial charge in [0.1, 0.15) is 12.6 Å². The van der Waals surface area contributed by atoms with Crippen molar-refractivity contribution in [2.45, 2.75) is 24.8 Å². The minimum atomic E-state index is -0.393. The van der Waals surface area contributed by atoms with E-state index in [1.165, 1.54) is 11.6 Å². The summed E-state index contributed by atoms with van der Waals surface area (Å²) in [6.45, 7) is 1.48. The zero-order chi connectivity index (χ0) is 14.3. The van der Waals surface area contributed by atoms with Crippen LogP contribution >= 0.6 is 11.8 Å². The SMILES string of the molecule is Bn1nnc([C@H]2C(COC(C)=O)=CS[C@@H]3CC(=O)N23)n1. The Bertz CT molecular complexity index is 603. The molecule has 8 nitrogen and oxygen atoms in total. The summed E-state index contributed by atoms with van der Waals surface area (Å²) in [4.78, 5) is 24.5. The molecule has 0 aromatic carbocycles. The number of β-lactam (4-membered cyclic amide) rings is 1. The maximum absolute atomic E-state index is 11.8. The van der Waals surface area contributed by atoms with E-state index in [9.17, 15) is 9.59 Å². The molecule has 1 aromatic rings. The number of fused-ring (bicyclic) bond motifs is 1. The summed E-state index contributed by atoms with van der Waals surface area (Å²) in [5, 5.41) is 14.0. The highest BCUT2D eigenvalue weighted by Gasteiger charge is 2.47. The van der Waals surface area contributed by atoms with E-state index in [2.05, 4.69) is 15.4 Å². The van der Waals surface area contributed by atoms with E-state index in [4.69, 9.17) is 4.74 Å². The number of aromatic nitrogens is 4. The van der Waals surface area contributed by atoms with Gasteiger partial charge in [0.2, 0.25) is 5.91 Å². The number of carbonyl (C=O) groups is 2. The first-order chi connectivity index (χ1) is 9.56. The van der Waals surface area contributed by atoms with E-state index in [0.717, 1.165) is 5.57 Å². The maximum atomic E-state index is 11.8. The summed E-state index contributed by atoms with van der Waals surface area (Å²) in [7, 11) is 1.67. The largest absolute Gasteiger partial charge is 0.461 e. The van der Waals surface area contributed by atoms with Crippen molar-refractivity contribution in [3.8, 4) is 0 Å². The van der Waals surface area contributed by atoms with Crippen LogP contribution in [-0.2, 0) is 14.3 Å². The number of ether oxygens (including phenoxy) is 1. The molecular weight excluding hydrogens is 281 g/mol. The molecule has 2 atom stereocenters. The van der Waals surface area contributed by atoms with Crippen LogP contribution in [0.4, 0.5) is 0 Å². The van der Waals surface area contributed by atoms with Crippen LogP contribution in [0.3, 0.4) is 0 Å². The Morgan fingerprint density at radius 2 is 2.45 bits per heavy atom. The van der Waals surface area contributed by atoms with E-state index in [1.807, 2.05) is 5.41 Å². The number of nitrogens with zero attached hydrogens (tertiary/aromatic N) is 5. The zero-order valence-electron chi connectivity index (χ0n) is 11.0. The normalized spacial score (nSPS) is 24.8. The standard InChI is InChI=1S/C10H12BN5O3S/c1-5(17)19-3-6-4-20-8-2-7(18)15(8)9(6)10-12-14-16(11)13-10/h4,8-9H,2-3,11H2,1H3/t8-,9-/m1/s1. The zero-order valence-corrected chi connectivity index (χ0v) is 11.8. The Hall–Kier alpha value is -1.84. The van der Waals surface area contributed by atoms with Gasteiger partial charge in [0.05, 0.1) is 11.8 Å². The van der Waals surface area contributed by atoms with Crippen LogP contribution in [0.2, 0.25) is 0 Å². The first-order valence-electron chi connectivity index (χ1n) is 6.09. The topological polar surface area (TPSA) is 90.2 Å². The highest BCUT2D eigenvalue weighted by Crippen LogP contribution is 2.45. The van der Waals surface area contributed by atoms with Gasteiger partial charge in [0.15, 0.2) is 5.82 Å². The second kappa shape index (κ2) is 4.93. The smallest absolute Gasteiger partial charge is 0.302 e. The Morgan fingerprint density at radius 3 is 3.05 bits per heavy atom. The molecule has 0 saturated carbocycles. The van der Waals surface area contributed by atoms with E-state index in [1.54, 1.807) is 24.6 Å². The number of amides is 1. The molecule has 104 valence electrons. The van der Waals surface area contributed by atoms with Crippen LogP contribution in [0.25, 0.3) is 0 Å². The van der Waals surface area contributed by atoms with Gasteiger partial charge in [0.25, 0.3) is 7.98 Å². The molecule has 0 aliphatic carbocycles. The summed E-state index contributed by atoms with van der Waals surface area (Å²) < 4.78 is 6.39. The molecule has 10 heteroatoms. The van der Waals surface area contributed by atoms with Gasteiger partial charge in [-0.2, -0.15) is 0 Å². The summed E-state index contributed by atoms with van der Waals surface area (Å²) in [5.41, 5.74) is 0.794. The molecule has 20 heavy (non-hydrogen) atoms. The summed E-state index contributed by atoms with van der Waals surface area (Å²) in [6.07, 6.45) is 0.513. The van der Waals surface area contributed by atoms with Crippen LogP contribution in [0.1, 0.15) is 25.2 Å². The Labute approximate surface area is 119 Å². The van der Waals surface area contributed by atoms with Crippen molar-refractivity contribution in [1.82, 2.24) is 25.0 Å². The third kappa shape index (κ3) is 2.19. The number of hydrogen-bond acceptors (Lipinski definition) is 7. The predicted octanol–water partition coefficient (Wildman–Crippen LogP) is -1.14. The average molecular weight is 293 g/mol. The van der Waals surface area contributed by atoms with E-state index in [0.29, 0.717) is 12.2 Å². The minimum Gasteiger partial charge on any atom is -0.461 e. The minimum absolute atomic E-state index is 0.0494. The Morgan fingerprint density at radius 1 is 1.65 bits per heavy atom. The molecule has 0 N–H and O–H groups in total. The van der Waals surface area contributed by atoms with Gasteiger partial charge in [-0.05, 0) is 5.41 Å². The lowest BCUT2D eigenvalue weighted by Gasteiger charge is -2.46. The third-order valence-corrected chi connectivity index (χ3v) is 4.31. The fourth-order valence-electron chi connectivity index (χ4n) is 2.23. The number of hydrogen-bond donors (Lipinski definition) is 0. The van der Waals surface area contributed by atoms with E-state index >= 15 is 0 Å². The summed E-state index contributed by atoms with van der Waals surface area (Å²) in [6, 6.07) is -0.393.